The quantitative estimate of drug-likeness (QED) is 0.879. The lowest BCUT2D eigenvalue weighted by atomic mass is 10.1. The molecule has 5 heteroatoms. The predicted octanol–water partition coefficient (Wildman–Crippen LogP) is 2.46. The second kappa shape index (κ2) is 6.21. The van der Waals surface area contributed by atoms with Crippen LogP contribution in [0.25, 0.3) is 11.3 Å². The second-order valence-electron chi connectivity index (χ2n) is 4.78. The molecule has 1 aliphatic rings. The highest BCUT2D eigenvalue weighted by Gasteiger charge is 2.15. The number of H-pyrrole nitrogens is 1. The average molecular weight is 274 g/mol. The van der Waals surface area contributed by atoms with Gasteiger partial charge in [0, 0.05) is 41.9 Å². The molecule has 3 heterocycles. The summed E-state index contributed by atoms with van der Waals surface area (Å²) in [6.45, 7) is 1.94. The number of nitrogens with one attached hydrogen (secondary N) is 2. The molecule has 0 radical (unpaired) electrons. The van der Waals surface area contributed by atoms with Crippen LogP contribution in [0.3, 0.4) is 0 Å². The van der Waals surface area contributed by atoms with Crippen LogP contribution in [0.1, 0.15) is 18.4 Å². The lowest BCUT2D eigenvalue weighted by Crippen LogP contribution is -2.22. The zero-order valence-corrected chi connectivity index (χ0v) is 11.6. The Labute approximate surface area is 117 Å². The van der Waals surface area contributed by atoms with Gasteiger partial charge in [-0.3, -0.25) is 10.1 Å². The number of thioether (sulfide) groups is 1. The van der Waals surface area contributed by atoms with Crippen molar-refractivity contribution in [1.29, 1.82) is 0 Å². The lowest BCUT2D eigenvalue weighted by Gasteiger charge is -2.10. The fourth-order valence-corrected chi connectivity index (χ4v) is 3.61. The van der Waals surface area contributed by atoms with Crippen molar-refractivity contribution in [2.24, 2.45) is 0 Å². The fourth-order valence-electron chi connectivity index (χ4n) is 2.38. The minimum atomic E-state index is 0.786. The minimum Gasteiger partial charge on any atom is -0.311 e. The van der Waals surface area contributed by atoms with E-state index in [1.54, 1.807) is 6.20 Å². The summed E-state index contributed by atoms with van der Waals surface area (Å²) >= 11 is 2.08. The highest BCUT2D eigenvalue weighted by atomic mass is 32.2. The predicted molar refractivity (Wildman–Crippen MR) is 79.0 cm³/mol. The van der Waals surface area contributed by atoms with Crippen LogP contribution in [0.15, 0.2) is 30.7 Å². The monoisotopic (exact) mass is 274 g/mol. The minimum absolute atomic E-state index is 0.786. The van der Waals surface area contributed by atoms with Gasteiger partial charge in [-0.2, -0.15) is 16.9 Å². The van der Waals surface area contributed by atoms with Crippen LogP contribution in [-0.2, 0) is 6.54 Å². The summed E-state index contributed by atoms with van der Waals surface area (Å²) in [4.78, 5) is 4.15. The molecule has 1 saturated heterocycles. The Bertz CT molecular complexity index is 505. The third-order valence-corrected chi connectivity index (χ3v) is 4.78. The second-order valence-corrected chi connectivity index (χ2v) is 6.19. The normalized spacial score (nSPS) is 18.8. The van der Waals surface area contributed by atoms with Crippen LogP contribution in [0.2, 0.25) is 0 Å². The molecular weight excluding hydrogens is 256 g/mol. The Kier molecular flexibility index (Phi) is 4.15. The highest BCUT2D eigenvalue weighted by molar-refractivity contribution is 8.00. The van der Waals surface area contributed by atoms with E-state index < -0.39 is 0 Å². The summed E-state index contributed by atoms with van der Waals surface area (Å²) in [5, 5.41) is 11.5. The lowest BCUT2D eigenvalue weighted by molar-refractivity contribution is 0.646. The molecule has 3 rings (SSSR count). The van der Waals surface area contributed by atoms with E-state index in [-0.39, 0.29) is 0 Å². The molecule has 2 aromatic rings. The van der Waals surface area contributed by atoms with E-state index in [9.17, 15) is 0 Å². The Hall–Kier alpha value is -1.33. The number of rotatable bonds is 5. The Morgan fingerprint density at radius 2 is 2.42 bits per heavy atom. The molecule has 100 valence electrons. The smallest absolute Gasteiger partial charge is 0.0710 e. The first kappa shape index (κ1) is 12.7. The summed E-state index contributed by atoms with van der Waals surface area (Å²) < 4.78 is 0. The van der Waals surface area contributed by atoms with Crippen LogP contribution >= 0.6 is 11.8 Å². The summed E-state index contributed by atoms with van der Waals surface area (Å²) in [7, 11) is 0. The van der Waals surface area contributed by atoms with Crippen LogP contribution in [-0.4, -0.2) is 32.7 Å². The van der Waals surface area contributed by atoms with E-state index in [4.69, 9.17) is 0 Å². The summed E-state index contributed by atoms with van der Waals surface area (Å²) in [5.74, 6) is 1.32. The first-order chi connectivity index (χ1) is 9.43. The van der Waals surface area contributed by atoms with Crippen LogP contribution in [0, 0.1) is 0 Å². The first-order valence-corrected chi connectivity index (χ1v) is 7.73. The molecule has 0 saturated carbocycles. The van der Waals surface area contributed by atoms with Crippen LogP contribution in [0.4, 0.5) is 0 Å². The summed E-state index contributed by atoms with van der Waals surface area (Å²) in [6, 6.07) is 4.00. The van der Waals surface area contributed by atoms with E-state index in [2.05, 4.69) is 38.3 Å². The van der Waals surface area contributed by atoms with Gasteiger partial charge < -0.3 is 5.32 Å². The molecule has 4 nitrogen and oxygen atoms in total. The molecule has 1 fully saturated rings. The largest absolute Gasteiger partial charge is 0.311 e. The highest BCUT2D eigenvalue weighted by Crippen LogP contribution is 2.25. The zero-order chi connectivity index (χ0) is 12.9. The third kappa shape index (κ3) is 3.16. The summed E-state index contributed by atoms with van der Waals surface area (Å²) in [6.07, 6.45) is 8.26. The zero-order valence-electron chi connectivity index (χ0n) is 10.8. The Morgan fingerprint density at radius 3 is 3.21 bits per heavy atom. The van der Waals surface area contributed by atoms with Crippen molar-refractivity contribution >= 4 is 11.8 Å². The van der Waals surface area contributed by atoms with Gasteiger partial charge in [-0.25, -0.2) is 0 Å². The van der Waals surface area contributed by atoms with Gasteiger partial charge in [0.15, 0.2) is 0 Å². The van der Waals surface area contributed by atoms with Crippen molar-refractivity contribution in [1.82, 2.24) is 20.5 Å². The molecule has 0 spiro atoms. The van der Waals surface area contributed by atoms with Gasteiger partial charge in [-0.15, -0.1) is 0 Å². The van der Waals surface area contributed by atoms with Gasteiger partial charge >= 0.3 is 0 Å². The molecule has 2 aromatic heterocycles. The molecule has 1 aliphatic heterocycles. The summed E-state index contributed by atoms with van der Waals surface area (Å²) in [5.41, 5.74) is 3.36. The van der Waals surface area contributed by atoms with E-state index in [1.165, 1.54) is 24.2 Å². The van der Waals surface area contributed by atoms with Crippen molar-refractivity contribution < 1.29 is 0 Å². The van der Waals surface area contributed by atoms with E-state index in [0.717, 1.165) is 29.6 Å². The van der Waals surface area contributed by atoms with Crippen molar-refractivity contribution in [3.05, 3.63) is 36.3 Å². The topological polar surface area (TPSA) is 53.6 Å². The van der Waals surface area contributed by atoms with E-state index in [0.29, 0.717) is 0 Å². The van der Waals surface area contributed by atoms with Gasteiger partial charge in [0.25, 0.3) is 0 Å². The van der Waals surface area contributed by atoms with Crippen molar-refractivity contribution in [3.63, 3.8) is 0 Å². The van der Waals surface area contributed by atoms with Crippen molar-refractivity contribution in [2.45, 2.75) is 24.6 Å². The van der Waals surface area contributed by atoms with E-state index in [1.807, 2.05) is 18.5 Å². The molecule has 1 unspecified atom stereocenters. The third-order valence-electron chi connectivity index (χ3n) is 3.38. The number of hydrogen-bond acceptors (Lipinski definition) is 4. The molecule has 1 atom stereocenters. The maximum Gasteiger partial charge on any atom is 0.0710 e. The van der Waals surface area contributed by atoms with Crippen molar-refractivity contribution in [2.75, 3.05) is 12.3 Å². The van der Waals surface area contributed by atoms with Gasteiger partial charge in [-0.05, 0) is 30.7 Å². The van der Waals surface area contributed by atoms with Crippen LogP contribution in [0.5, 0.6) is 0 Å². The standard InChI is InChI=1S/C14H18N4S/c1-3-11(7-15-5-1)14-12(9-17-18-14)8-16-10-13-4-2-6-19-13/h1,3,5,7,9,13,16H,2,4,6,8,10H2,(H,17,18). The molecule has 19 heavy (non-hydrogen) atoms. The number of aromatic nitrogens is 3. The van der Waals surface area contributed by atoms with Crippen LogP contribution < -0.4 is 5.32 Å². The average Bonchev–Trinajstić information content (AvgIpc) is 3.11. The molecule has 0 aliphatic carbocycles. The van der Waals surface area contributed by atoms with Gasteiger partial charge in [0.05, 0.1) is 11.9 Å². The van der Waals surface area contributed by atoms with Gasteiger partial charge in [0.1, 0.15) is 0 Å². The molecule has 0 bridgehead atoms. The Balaban J connectivity index is 1.61. The number of nitrogens with zero attached hydrogens (tertiary/aromatic N) is 2. The number of pyridine rings is 1. The maximum atomic E-state index is 4.15. The SMILES string of the molecule is c1cncc(-c2[nH]ncc2CNCC2CCCS2)c1. The fraction of sp³-hybridized carbons (Fsp3) is 0.429. The first-order valence-electron chi connectivity index (χ1n) is 6.68. The van der Waals surface area contributed by atoms with Crippen molar-refractivity contribution in [3.8, 4) is 11.3 Å². The number of aromatic amines is 1. The number of hydrogen-bond donors (Lipinski definition) is 2. The maximum absolute atomic E-state index is 4.15. The van der Waals surface area contributed by atoms with Gasteiger partial charge in [-0.1, -0.05) is 0 Å². The van der Waals surface area contributed by atoms with E-state index >= 15 is 0 Å². The molecule has 0 aromatic carbocycles. The Morgan fingerprint density at radius 1 is 1.42 bits per heavy atom. The molecular formula is C14H18N4S. The molecule has 2 N–H and O–H groups in total. The van der Waals surface area contributed by atoms with Gasteiger partial charge in [0.2, 0.25) is 0 Å². The molecule has 0 amide bonds.